The van der Waals surface area contributed by atoms with E-state index in [9.17, 15) is 9.59 Å². The van der Waals surface area contributed by atoms with Crippen LogP contribution in [0.15, 0.2) is 35.6 Å². The second kappa shape index (κ2) is 6.55. The molecule has 0 atom stereocenters. The number of aromatic nitrogens is 2. The average Bonchev–Trinajstić information content (AvgIpc) is 2.48. The smallest absolute Gasteiger partial charge is 0.275 e. The summed E-state index contributed by atoms with van der Waals surface area (Å²) in [5, 5.41) is 3.20. The molecule has 108 valence electrons. The lowest BCUT2D eigenvalue weighted by atomic mass is 10.2. The molecular weight excluding hydrogens is 312 g/mol. The fourth-order valence-electron chi connectivity index (χ4n) is 1.55. The second-order valence-electron chi connectivity index (χ2n) is 3.95. The van der Waals surface area contributed by atoms with E-state index in [1.165, 1.54) is 24.0 Å². The van der Waals surface area contributed by atoms with Crippen molar-refractivity contribution in [3.63, 3.8) is 0 Å². The van der Waals surface area contributed by atoms with Crippen LogP contribution in [0.25, 0.3) is 0 Å². The molecule has 0 unspecified atom stereocenters. The molecule has 21 heavy (non-hydrogen) atoms. The zero-order chi connectivity index (χ0) is 15.4. The van der Waals surface area contributed by atoms with Crippen molar-refractivity contribution in [2.24, 2.45) is 5.73 Å². The predicted molar refractivity (Wildman–Crippen MR) is 81.7 cm³/mol. The summed E-state index contributed by atoms with van der Waals surface area (Å²) in [7, 11) is 0. The number of halogens is 1. The van der Waals surface area contributed by atoms with Gasteiger partial charge in [-0.15, -0.1) is 0 Å². The minimum atomic E-state index is -0.573. The number of hydrogen-bond acceptors (Lipinski definition) is 5. The molecule has 0 saturated carbocycles. The molecule has 1 heterocycles. The van der Waals surface area contributed by atoms with Gasteiger partial charge < -0.3 is 11.1 Å². The Labute approximate surface area is 130 Å². The molecule has 8 heteroatoms. The first-order valence-corrected chi connectivity index (χ1v) is 7.39. The highest BCUT2D eigenvalue weighted by Gasteiger charge is 2.14. The Kier molecular flexibility index (Phi) is 4.77. The van der Waals surface area contributed by atoms with E-state index in [1.54, 1.807) is 24.5 Å². The fourth-order valence-corrected chi connectivity index (χ4v) is 2.07. The van der Waals surface area contributed by atoms with Gasteiger partial charge in [-0.1, -0.05) is 29.4 Å². The first-order valence-electron chi connectivity index (χ1n) is 5.79. The summed E-state index contributed by atoms with van der Waals surface area (Å²) in [5.74, 6) is -1.06. The van der Waals surface area contributed by atoms with Crippen LogP contribution in [-0.2, 0) is 0 Å². The van der Waals surface area contributed by atoms with Gasteiger partial charge >= 0.3 is 0 Å². The van der Waals surface area contributed by atoms with Crippen LogP contribution in [0.1, 0.15) is 20.8 Å². The molecule has 0 bridgehead atoms. The third kappa shape index (κ3) is 3.71. The third-order valence-electron chi connectivity index (χ3n) is 2.52. The number of nitrogens with one attached hydrogen (secondary N) is 1. The number of nitrogens with zero attached hydrogens (tertiary/aromatic N) is 2. The summed E-state index contributed by atoms with van der Waals surface area (Å²) in [6.07, 6.45) is 3.16. The van der Waals surface area contributed by atoms with Gasteiger partial charge in [0.1, 0.15) is 0 Å². The van der Waals surface area contributed by atoms with Gasteiger partial charge in [-0.3, -0.25) is 9.59 Å². The van der Waals surface area contributed by atoms with E-state index in [2.05, 4.69) is 15.3 Å². The summed E-state index contributed by atoms with van der Waals surface area (Å²) >= 11 is 7.23. The molecule has 2 amide bonds. The first kappa shape index (κ1) is 15.3. The zero-order valence-corrected chi connectivity index (χ0v) is 12.5. The number of thioether (sulfide) groups is 1. The van der Waals surface area contributed by atoms with Crippen molar-refractivity contribution in [3.8, 4) is 0 Å². The van der Waals surface area contributed by atoms with Crippen molar-refractivity contribution in [1.82, 2.24) is 9.97 Å². The molecule has 0 aliphatic heterocycles. The number of carbonyl (C=O) groups excluding carboxylic acids is 2. The number of carbonyl (C=O) groups is 2. The Morgan fingerprint density at radius 2 is 2.14 bits per heavy atom. The van der Waals surface area contributed by atoms with Gasteiger partial charge in [0.25, 0.3) is 5.91 Å². The van der Waals surface area contributed by atoms with Crippen molar-refractivity contribution in [2.45, 2.75) is 5.16 Å². The summed E-state index contributed by atoms with van der Waals surface area (Å²) in [6, 6.07) is 6.28. The molecule has 0 radical (unpaired) electrons. The normalized spacial score (nSPS) is 10.2. The standard InChI is InChI=1S/C13H11ClN4O2S/c1-21-13-16-6-9(14)10(18-13)12(20)17-8-4-2-3-7(5-8)11(15)19/h2-6H,1H3,(H2,15,19)(H,17,20). The lowest BCUT2D eigenvalue weighted by molar-refractivity contribution is 0.0995. The second-order valence-corrected chi connectivity index (χ2v) is 5.13. The Bertz CT molecular complexity index is 708. The molecule has 0 fully saturated rings. The van der Waals surface area contributed by atoms with Gasteiger partial charge in [-0.2, -0.15) is 0 Å². The minimum Gasteiger partial charge on any atom is -0.366 e. The molecule has 2 rings (SSSR count). The van der Waals surface area contributed by atoms with Crippen LogP contribution in [0.2, 0.25) is 5.02 Å². The lowest BCUT2D eigenvalue weighted by Crippen LogP contribution is -2.16. The molecule has 0 saturated heterocycles. The van der Waals surface area contributed by atoms with Gasteiger partial charge in [0.05, 0.1) is 11.2 Å². The number of nitrogens with two attached hydrogens (primary N) is 1. The van der Waals surface area contributed by atoms with Crippen molar-refractivity contribution in [1.29, 1.82) is 0 Å². The SMILES string of the molecule is CSc1ncc(Cl)c(C(=O)Nc2cccc(C(N)=O)c2)n1. The largest absolute Gasteiger partial charge is 0.366 e. The maximum absolute atomic E-state index is 12.2. The predicted octanol–water partition coefficient (Wildman–Crippen LogP) is 2.20. The van der Waals surface area contributed by atoms with Crippen LogP contribution in [0, 0.1) is 0 Å². The number of amides is 2. The van der Waals surface area contributed by atoms with Crippen LogP contribution in [-0.4, -0.2) is 28.0 Å². The molecule has 0 aliphatic rings. The highest BCUT2D eigenvalue weighted by Crippen LogP contribution is 2.18. The van der Waals surface area contributed by atoms with E-state index in [1.807, 2.05) is 0 Å². The number of rotatable bonds is 4. The Balaban J connectivity index is 2.25. The van der Waals surface area contributed by atoms with Crippen molar-refractivity contribution in [3.05, 3.63) is 46.7 Å². The summed E-state index contributed by atoms with van der Waals surface area (Å²) in [5.41, 5.74) is 5.99. The molecule has 3 N–H and O–H groups in total. The van der Waals surface area contributed by atoms with Gasteiger partial charge in [-0.05, 0) is 24.5 Å². The molecule has 1 aromatic carbocycles. The van der Waals surface area contributed by atoms with Gasteiger partial charge in [0, 0.05) is 11.3 Å². The first-order chi connectivity index (χ1) is 10.0. The van der Waals surface area contributed by atoms with Crippen molar-refractivity contribution >= 4 is 40.9 Å². The van der Waals surface area contributed by atoms with E-state index in [4.69, 9.17) is 17.3 Å². The number of hydrogen-bond donors (Lipinski definition) is 2. The third-order valence-corrected chi connectivity index (χ3v) is 3.36. The molecular formula is C13H11ClN4O2S. The lowest BCUT2D eigenvalue weighted by Gasteiger charge is -2.07. The monoisotopic (exact) mass is 322 g/mol. The highest BCUT2D eigenvalue weighted by atomic mass is 35.5. The average molecular weight is 323 g/mol. The summed E-state index contributed by atoms with van der Waals surface area (Å²) in [6.45, 7) is 0. The van der Waals surface area contributed by atoms with Crippen LogP contribution in [0.3, 0.4) is 0 Å². The Hall–Kier alpha value is -2.12. The van der Waals surface area contributed by atoms with Crippen LogP contribution >= 0.6 is 23.4 Å². The van der Waals surface area contributed by atoms with E-state index in [0.29, 0.717) is 16.4 Å². The topological polar surface area (TPSA) is 98.0 Å². The van der Waals surface area contributed by atoms with Gasteiger partial charge in [-0.25, -0.2) is 9.97 Å². The van der Waals surface area contributed by atoms with E-state index >= 15 is 0 Å². The maximum atomic E-state index is 12.2. The molecule has 1 aromatic heterocycles. The summed E-state index contributed by atoms with van der Waals surface area (Å²) < 4.78 is 0. The zero-order valence-electron chi connectivity index (χ0n) is 11.0. The summed E-state index contributed by atoms with van der Waals surface area (Å²) in [4.78, 5) is 31.3. The maximum Gasteiger partial charge on any atom is 0.275 e. The van der Waals surface area contributed by atoms with Crippen LogP contribution in [0.4, 0.5) is 5.69 Å². The van der Waals surface area contributed by atoms with Crippen LogP contribution < -0.4 is 11.1 Å². The number of anilines is 1. The van der Waals surface area contributed by atoms with Gasteiger partial charge in [0.2, 0.25) is 5.91 Å². The van der Waals surface area contributed by atoms with E-state index in [-0.39, 0.29) is 10.7 Å². The fraction of sp³-hybridized carbons (Fsp3) is 0.0769. The van der Waals surface area contributed by atoms with Crippen LogP contribution in [0.5, 0.6) is 0 Å². The minimum absolute atomic E-state index is 0.0699. The van der Waals surface area contributed by atoms with Crippen molar-refractivity contribution in [2.75, 3.05) is 11.6 Å². The van der Waals surface area contributed by atoms with E-state index < -0.39 is 11.8 Å². The number of benzene rings is 1. The molecule has 6 nitrogen and oxygen atoms in total. The van der Waals surface area contributed by atoms with E-state index in [0.717, 1.165) is 0 Å². The quantitative estimate of drug-likeness (QED) is 0.664. The number of primary amides is 1. The molecule has 0 spiro atoms. The molecule has 2 aromatic rings. The van der Waals surface area contributed by atoms with Crippen molar-refractivity contribution < 1.29 is 9.59 Å². The molecule has 0 aliphatic carbocycles. The Morgan fingerprint density at radius 1 is 1.38 bits per heavy atom. The highest BCUT2D eigenvalue weighted by molar-refractivity contribution is 7.98. The Morgan fingerprint density at radius 3 is 2.81 bits per heavy atom. The van der Waals surface area contributed by atoms with Gasteiger partial charge in [0.15, 0.2) is 10.9 Å².